The average molecular weight is 307 g/mol. The number of carbonyl (C=O) groups excluding carboxylic acids is 1. The number of hydrogen-bond donors (Lipinski definition) is 0. The van der Waals surface area contributed by atoms with Crippen LogP contribution in [-0.2, 0) is 11.2 Å². The van der Waals surface area contributed by atoms with Crippen LogP contribution in [0.25, 0.3) is 0 Å². The Balaban J connectivity index is 1.59. The number of thiazole rings is 1. The number of aryl methyl sites for hydroxylation is 1. The van der Waals surface area contributed by atoms with E-state index in [2.05, 4.69) is 21.7 Å². The van der Waals surface area contributed by atoms with Gasteiger partial charge >= 0.3 is 0 Å². The second-order valence-corrected chi connectivity index (χ2v) is 7.04. The normalized spacial score (nSPS) is 26.6. The summed E-state index contributed by atoms with van der Waals surface area (Å²) in [6.07, 6.45) is 8.13. The average Bonchev–Trinajstić information content (AvgIpc) is 3.23. The summed E-state index contributed by atoms with van der Waals surface area (Å²) in [5.74, 6) is 0.329. The lowest BCUT2D eigenvalue weighted by atomic mass is 10.0. The Morgan fingerprint density at radius 1 is 1.33 bits per heavy atom. The highest BCUT2D eigenvalue weighted by molar-refractivity contribution is 7.09. The highest BCUT2D eigenvalue weighted by Crippen LogP contribution is 2.30. The molecule has 116 valence electrons. The van der Waals surface area contributed by atoms with Gasteiger partial charge in [0, 0.05) is 43.0 Å². The van der Waals surface area contributed by atoms with Crippen molar-refractivity contribution in [1.29, 1.82) is 0 Å². The molecule has 2 aliphatic rings. The molecule has 3 rings (SSSR count). The summed E-state index contributed by atoms with van der Waals surface area (Å²) in [6, 6.07) is 1.05. The summed E-state index contributed by atoms with van der Waals surface area (Å²) >= 11 is 1.65. The van der Waals surface area contributed by atoms with Crippen LogP contribution < -0.4 is 0 Å². The minimum Gasteiger partial charge on any atom is -0.338 e. The van der Waals surface area contributed by atoms with Gasteiger partial charge in [0.15, 0.2) is 0 Å². The van der Waals surface area contributed by atoms with Gasteiger partial charge in [-0.3, -0.25) is 9.69 Å². The van der Waals surface area contributed by atoms with Crippen LogP contribution in [0.4, 0.5) is 0 Å². The molecule has 0 aliphatic carbocycles. The summed E-state index contributed by atoms with van der Waals surface area (Å²) in [7, 11) is 0. The van der Waals surface area contributed by atoms with E-state index in [1.54, 1.807) is 11.3 Å². The van der Waals surface area contributed by atoms with E-state index < -0.39 is 0 Å². The number of hydrogen-bond acceptors (Lipinski definition) is 4. The van der Waals surface area contributed by atoms with Gasteiger partial charge in [0.1, 0.15) is 0 Å². The van der Waals surface area contributed by atoms with Crippen LogP contribution in [0.15, 0.2) is 11.6 Å². The Labute approximate surface area is 131 Å². The number of likely N-dealkylation sites (tertiary alicyclic amines) is 2. The standard InChI is InChI=1S/C16H25N3OS/c1-2-18-10-3-5-13(18)14-6-4-11-19(14)16(20)8-7-15-17-9-12-21-15/h9,12-14H,2-8,10-11H2,1H3/t13-,14-/m0/s1. The molecule has 0 radical (unpaired) electrons. The van der Waals surface area contributed by atoms with Crippen molar-refractivity contribution in [3.8, 4) is 0 Å². The molecule has 0 spiro atoms. The van der Waals surface area contributed by atoms with Gasteiger partial charge in [-0.05, 0) is 38.8 Å². The first-order valence-electron chi connectivity index (χ1n) is 8.21. The van der Waals surface area contributed by atoms with Crippen LogP contribution >= 0.6 is 11.3 Å². The first-order valence-corrected chi connectivity index (χ1v) is 9.09. The van der Waals surface area contributed by atoms with E-state index in [4.69, 9.17) is 0 Å². The molecule has 0 unspecified atom stereocenters. The van der Waals surface area contributed by atoms with Crippen molar-refractivity contribution in [3.63, 3.8) is 0 Å². The van der Waals surface area contributed by atoms with Crippen molar-refractivity contribution in [2.45, 2.75) is 57.5 Å². The molecule has 2 fully saturated rings. The first kappa shape index (κ1) is 15.0. The largest absolute Gasteiger partial charge is 0.338 e. The van der Waals surface area contributed by atoms with E-state index in [9.17, 15) is 4.79 Å². The van der Waals surface area contributed by atoms with Crippen molar-refractivity contribution in [1.82, 2.24) is 14.8 Å². The Morgan fingerprint density at radius 3 is 2.90 bits per heavy atom. The Bertz CT molecular complexity index is 462. The number of rotatable bonds is 5. The zero-order valence-electron chi connectivity index (χ0n) is 12.8. The topological polar surface area (TPSA) is 36.4 Å². The maximum absolute atomic E-state index is 12.6. The van der Waals surface area contributed by atoms with Crippen LogP contribution in [-0.4, -0.2) is 52.4 Å². The number of nitrogens with zero attached hydrogens (tertiary/aromatic N) is 3. The molecule has 3 heterocycles. The van der Waals surface area contributed by atoms with Gasteiger partial charge in [0.05, 0.1) is 5.01 Å². The number of amides is 1. The van der Waals surface area contributed by atoms with Gasteiger partial charge in [-0.1, -0.05) is 6.92 Å². The Morgan fingerprint density at radius 2 is 2.14 bits per heavy atom. The quantitative estimate of drug-likeness (QED) is 0.839. The second-order valence-electron chi connectivity index (χ2n) is 6.06. The molecule has 2 saturated heterocycles. The fraction of sp³-hybridized carbons (Fsp3) is 0.750. The monoisotopic (exact) mass is 307 g/mol. The van der Waals surface area contributed by atoms with Crippen LogP contribution in [0.3, 0.4) is 0 Å². The number of likely N-dealkylation sites (N-methyl/N-ethyl adjacent to an activating group) is 1. The van der Waals surface area contributed by atoms with Gasteiger partial charge in [-0.15, -0.1) is 11.3 Å². The smallest absolute Gasteiger partial charge is 0.223 e. The predicted octanol–water partition coefficient (Wildman–Crippen LogP) is 2.55. The number of aromatic nitrogens is 1. The van der Waals surface area contributed by atoms with E-state index >= 15 is 0 Å². The van der Waals surface area contributed by atoms with Crippen molar-refractivity contribution in [2.24, 2.45) is 0 Å². The predicted molar refractivity (Wildman–Crippen MR) is 85.4 cm³/mol. The molecule has 0 N–H and O–H groups in total. The fourth-order valence-electron chi connectivity index (χ4n) is 3.92. The van der Waals surface area contributed by atoms with Crippen LogP contribution in [0.2, 0.25) is 0 Å². The first-order chi connectivity index (χ1) is 10.3. The van der Waals surface area contributed by atoms with Crippen LogP contribution in [0, 0.1) is 0 Å². The van der Waals surface area contributed by atoms with Crippen LogP contribution in [0.5, 0.6) is 0 Å². The maximum atomic E-state index is 12.6. The molecular weight excluding hydrogens is 282 g/mol. The summed E-state index contributed by atoms with van der Waals surface area (Å²) in [6.45, 7) is 5.51. The Hall–Kier alpha value is -0.940. The van der Waals surface area contributed by atoms with Gasteiger partial charge in [-0.25, -0.2) is 4.98 Å². The highest BCUT2D eigenvalue weighted by Gasteiger charge is 2.38. The van der Waals surface area contributed by atoms with E-state index in [1.807, 2.05) is 11.6 Å². The molecule has 21 heavy (non-hydrogen) atoms. The van der Waals surface area contributed by atoms with E-state index in [0.717, 1.165) is 24.5 Å². The lowest BCUT2D eigenvalue weighted by Gasteiger charge is -2.34. The molecule has 1 amide bonds. The molecule has 5 heteroatoms. The molecule has 1 aromatic rings. The van der Waals surface area contributed by atoms with Crippen molar-refractivity contribution in [3.05, 3.63) is 16.6 Å². The zero-order valence-corrected chi connectivity index (χ0v) is 13.6. The molecule has 2 aliphatic heterocycles. The van der Waals surface area contributed by atoms with Gasteiger partial charge in [0.25, 0.3) is 0 Å². The third kappa shape index (κ3) is 3.29. The third-order valence-electron chi connectivity index (χ3n) is 4.92. The van der Waals surface area contributed by atoms with E-state index in [1.165, 1.54) is 32.2 Å². The van der Waals surface area contributed by atoms with Crippen molar-refractivity contribution < 1.29 is 4.79 Å². The lowest BCUT2D eigenvalue weighted by Crippen LogP contribution is -2.48. The molecule has 0 aromatic carbocycles. The minimum absolute atomic E-state index is 0.329. The SMILES string of the molecule is CCN1CCC[C@H]1[C@@H]1CCCN1C(=O)CCc1nccs1. The highest BCUT2D eigenvalue weighted by atomic mass is 32.1. The molecule has 2 atom stereocenters. The number of carbonyl (C=O) groups is 1. The summed E-state index contributed by atoms with van der Waals surface area (Å²) in [4.78, 5) is 21.6. The van der Waals surface area contributed by atoms with Crippen molar-refractivity contribution in [2.75, 3.05) is 19.6 Å². The van der Waals surface area contributed by atoms with Gasteiger partial charge < -0.3 is 4.90 Å². The Kier molecular flexibility index (Phi) is 4.91. The van der Waals surface area contributed by atoms with Crippen LogP contribution in [0.1, 0.15) is 44.0 Å². The summed E-state index contributed by atoms with van der Waals surface area (Å²) in [5, 5.41) is 3.06. The van der Waals surface area contributed by atoms with Crippen molar-refractivity contribution >= 4 is 17.2 Å². The van der Waals surface area contributed by atoms with Gasteiger partial charge in [-0.2, -0.15) is 0 Å². The van der Waals surface area contributed by atoms with E-state index in [-0.39, 0.29) is 0 Å². The van der Waals surface area contributed by atoms with E-state index in [0.29, 0.717) is 24.4 Å². The second kappa shape index (κ2) is 6.88. The lowest BCUT2D eigenvalue weighted by molar-refractivity contribution is -0.133. The third-order valence-corrected chi connectivity index (χ3v) is 5.76. The maximum Gasteiger partial charge on any atom is 0.223 e. The molecule has 1 aromatic heterocycles. The minimum atomic E-state index is 0.329. The fourth-order valence-corrected chi connectivity index (χ4v) is 4.54. The zero-order chi connectivity index (χ0) is 14.7. The molecule has 0 bridgehead atoms. The molecule has 0 saturated carbocycles. The summed E-state index contributed by atoms with van der Waals surface area (Å²) < 4.78 is 0. The molecule has 4 nitrogen and oxygen atoms in total. The molecular formula is C16H25N3OS. The van der Waals surface area contributed by atoms with Gasteiger partial charge in [0.2, 0.25) is 5.91 Å². The summed E-state index contributed by atoms with van der Waals surface area (Å²) in [5.41, 5.74) is 0.